The standard InChI is InChI=1S/C23H28N6O4/c1-16(30)22-19(2,32-28-17-9-5-3-6-10-17)31-23(27,33-29-18-11-7-4-8-12-18)21(22,15-26)20(22,13-24)14-25/h3-12,27H2,1-2H3. The summed E-state index contributed by atoms with van der Waals surface area (Å²) in [6.45, 7) is 2.58. The van der Waals surface area contributed by atoms with Crippen LogP contribution in [0.2, 0.25) is 0 Å². The molecule has 33 heavy (non-hydrogen) atoms. The predicted octanol–water partition coefficient (Wildman–Crippen LogP) is 3.15. The molecule has 0 aromatic carbocycles. The molecule has 3 aliphatic carbocycles. The lowest BCUT2D eigenvalue weighted by Crippen LogP contribution is -2.55. The number of Topliss-reactive ketones (excluding diaryl/α,β-unsaturated/α-hetero) is 1. The van der Waals surface area contributed by atoms with Crippen LogP contribution in [0.1, 0.15) is 78.1 Å². The highest BCUT2D eigenvalue weighted by molar-refractivity contribution is 5.95. The van der Waals surface area contributed by atoms with Crippen molar-refractivity contribution in [2.45, 2.75) is 89.8 Å². The second kappa shape index (κ2) is 7.80. The van der Waals surface area contributed by atoms with Crippen LogP contribution in [0.5, 0.6) is 0 Å². The summed E-state index contributed by atoms with van der Waals surface area (Å²) in [4.78, 5) is 24.6. The van der Waals surface area contributed by atoms with Gasteiger partial charge < -0.3 is 9.68 Å². The van der Waals surface area contributed by atoms with E-state index in [1.807, 2.05) is 18.2 Å². The molecule has 10 nitrogen and oxygen atoms in total. The second-order valence-electron chi connectivity index (χ2n) is 9.48. The largest absolute Gasteiger partial charge is 0.359 e. The third-order valence-electron chi connectivity index (χ3n) is 7.73. The van der Waals surface area contributed by atoms with Crippen LogP contribution in [-0.4, -0.2) is 28.9 Å². The average Bonchev–Trinajstić information content (AvgIpc) is 3.37. The van der Waals surface area contributed by atoms with Crippen LogP contribution in [0.4, 0.5) is 0 Å². The van der Waals surface area contributed by atoms with Gasteiger partial charge >= 0.3 is 5.91 Å². The third-order valence-corrected chi connectivity index (χ3v) is 7.73. The Bertz CT molecular complexity index is 1020. The highest BCUT2D eigenvalue weighted by Gasteiger charge is 3.10. The summed E-state index contributed by atoms with van der Waals surface area (Å²) in [7, 11) is 0. The van der Waals surface area contributed by atoms with Gasteiger partial charge in [0.25, 0.3) is 5.79 Å². The molecule has 0 amide bonds. The summed E-state index contributed by atoms with van der Waals surface area (Å²) in [6, 6.07) is 5.73. The maximum atomic E-state index is 13.2. The summed E-state index contributed by atoms with van der Waals surface area (Å²) in [5.41, 5.74) is 1.65. The molecule has 4 rings (SSSR count). The summed E-state index contributed by atoms with van der Waals surface area (Å²) in [6.07, 6.45) is 8.85. The molecule has 3 saturated carbocycles. The van der Waals surface area contributed by atoms with Crippen molar-refractivity contribution in [2.75, 3.05) is 0 Å². The molecule has 1 heterocycles. The molecule has 0 radical (unpaired) electrons. The number of nitrogens with two attached hydrogens (primary N) is 1. The van der Waals surface area contributed by atoms with E-state index in [0.717, 1.165) is 62.8 Å². The number of nitriles is 3. The van der Waals surface area contributed by atoms with E-state index in [4.69, 9.17) is 20.1 Å². The van der Waals surface area contributed by atoms with Crippen molar-refractivity contribution in [1.82, 2.24) is 0 Å². The summed E-state index contributed by atoms with van der Waals surface area (Å²) < 4.78 is 5.97. The summed E-state index contributed by atoms with van der Waals surface area (Å²) in [5.74, 6) is -5.00. The van der Waals surface area contributed by atoms with Crippen LogP contribution < -0.4 is 5.73 Å². The van der Waals surface area contributed by atoms with Gasteiger partial charge in [0.2, 0.25) is 0 Å². The van der Waals surface area contributed by atoms with Crippen molar-refractivity contribution in [3.63, 3.8) is 0 Å². The number of hydrogen-bond donors (Lipinski definition) is 1. The van der Waals surface area contributed by atoms with Crippen molar-refractivity contribution in [2.24, 2.45) is 32.3 Å². The lowest BCUT2D eigenvalue weighted by molar-refractivity contribution is -0.348. The maximum absolute atomic E-state index is 13.2. The van der Waals surface area contributed by atoms with E-state index in [2.05, 4.69) is 10.3 Å². The number of carbonyl (C=O) groups excluding carboxylic acids is 1. The SMILES string of the molecule is CC(=O)C12C(C)(ON=C3CCCCC3)OC(N)(ON=C3CCCCC3)C1(C#N)C2(C#N)C#N. The van der Waals surface area contributed by atoms with Crippen molar-refractivity contribution >= 4 is 17.2 Å². The molecule has 2 N–H and O–H groups in total. The van der Waals surface area contributed by atoms with Gasteiger partial charge in [-0.1, -0.05) is 23.2 Å². The van der Waals surface area contributed by atoms with Gasteiger partial charge in [-0.2, -0.15) is 15.8 Å². The Morgan fingerprint density at radius 2 is 1.39 bits per heavy atom. The van der Waals surface area contributed by atoms with Gasteiger partial charge in [-0.3, -0.25) is 15.3 Å². The quantitative estimate of drug-likeness (QED) is 0.490. The summed E-state index contributed by atoms with van der Waals surface area (Å²) >= 11 is 0. The maximum Gasteiger partial charge on any atom is 0.319 e. The molecular weight excluding hydrogens is 424 g/mol. The molecule has 0 bridgehead atoms. The fourth-order valence-electron chi connectivity index (χ4n) is 6.22. The number of oxime groups is 2. The molecule has 10 heteroatoms. The lowest BCUT2D eigenvalue weighted by atomic mass is 9.82. The topological polar surface area (TPSA) is 167 Å². The number of nitrogens with zero attached hydrogens (tertiary/aromatic N) is 5. The second-order valence-corrected chi connectivity index (χ2v) is 9.48. The van der Waals surface area contributed by atoms with E-state index in [9.17, 15) is 20.6 Å². The number of rotatable bonds is 5. The van der Waals surface area contributed by atoms with Crippen molar-refractivity contribution in [3.8, 4) is 18.2 Å². The molecule has 4 atom stereocenters. The molecule has 174 valence electrons. The Labute approximate surface area is 192 Å². The van der Waals surface area contributed by atoms with E-state index >= 15 is 0 Å². The van der Waals surface area contributed by atoms with E-state index in [1.165, 1.54) is 13.8 Å². The molecule has 4 aliphatic rings. The zero-order chi connectivity index (χ0) is 24.0. The molecule has 0 aromatic heterocycles. The van der Waals surface area contributed by atoms with Gasteiger partial charge in [-0.25, -0.2) is 0 Å². The number of carbonyl (C=O) groups is 1. The Morgan fingerprint density at radius 1 is 0.909 bits per heavy atom. The number of ether oxygens (including phenoxy) is 1. The van der Waals surface area contributed by atoms with Gasteiger partial charge in [0.1, 0.15) is 5.78 Å². The molecule has 1 aliphatic heterocycles. The molecule has 4 unspecified atom stereocenters. The fraction of sp³-hybridized carbons (Fsp3) is 0.739. The number of hydrogen-bond acceptors (Lipinski definition) is 10. The smallest absolute Gasteiger partial charge is 0.319 e. The monoisotopic (exact) mass is 452 g/mol. The predicted molar refractivity (Wildman–Crippen MR) is 114 cm³/mol. The zero-order valence-electron chi connectivity index (χ0n) is 19.0. The minimum absolute atomic E-state index is 0.639. The molecule has 1 saturated heterocycles. The zero-order valence-corrected chi connectivity index (χ0v) is 19.0. The van der Waals surface area contributed by atoms with Crippen LogP contribution in [0, 0.1) is 50.2 Å². The highest BCUT2D eigenvalue weighted by Crippen LogP contribution is 2.89. The van der Waals surface area contributed by atoms with Crippen LogP contribution in [0.15, 0.2) is 10.3 Å². The number of ketones is 1. The average molecular weight is 453 g/mol. The van der Waals surface area contributed by atoms with Crippen LogP contribution in [-0.2, 0) is 19.2 Å². The lowest BCUT2D eigenvalue weighted by Gasteiger charge is -2.35. The Morgan fingerprint density at radius 3 is 1.82 bits per heavy atom. The Hall–Kier alpha value is -3.00. The molecule has 0 spiro atoms. The Kier molecular flexibility index (Phi) is 5.47. The first-order chi connectivity index (χ1) is 15.7. The van der Waals surface area contributed by atoms with Gasteiger partial charge in [-0.05, 0) is 58.3 Å². The van der Waals surface area contributed by atoms with Gasteiger partial charge in [0.05, 0.1) is 29.6 Å². The highest BCUT2D eigenvalue weighted by atomic mass is 16.9. The number of fused-ring (bicyclic) bond motifs is 1. The molecule has 4 fully saturated rings. The van der Waals surface area contributed by atoms with Crippen molar-refractivity contribution < 1.29 is 19.2 Å². The summed E-state index contributed by atoms with van der Waals surface area (Å²) in [5, 5.41) is 38.9. The van der Waals surface area contributed by atoms with E-state index < -0.39 is 33.7 Å². The van der Waals surface area contributed by atoms with Crippen LogP contribution in [0.25, 0.3) is 0 Å². The van der Waals surface area contributed by atoms with E-state index in [-0.39, 0.29) is 0 Å². The molecular formula is C23H28N6O4. The van der Waals surface area contributed by atoms with E-state index in [1.54, 1.807) is 0 Å². The fourth-order valence-corrected chi connectivity index (χ4v) is 6.22. The van der Waals surface area contributed by atoms with Crippen LogP contribution in [0.3, 0.4) is 0 Å². The molecule has 0 aromatic rings. The minimum atomic E-state index is -2.37. The normalized spacial score (nSPS) is 38.7. The van der Waals surface area contributed by atoms with Gasteiger partial charge in [0.15, 0.2) is 16.2 Å². The first kappa shape index (κ1) is 23.2. The van der Waals surface area contributed by atoms with Gasteiger partial charge in [-0.15, -0.1) is 0 Å². The van der Waals surface area contributed by atoms with Crippen LogP contribution >= 0.6 is 0 Å². The van der Waals surface area contributed by atoms with E-state index in [0.29, 0.717) is 12.8 Å². The minimum Gasteiger partial charge on any atom is -0.359 e. The van der Waals surface area contributed by atoms with Gasteiger partial charge in [0, 0.05) is 6.92 Å². The Balaban J connectivity index is 1.82. The van der Waals surface area contributed by atoms with Crippen molar-refractivity contribution in [1.29, 1.82) is 15.8 Å². The first-order valence-corrected chi connectivity index (χ1v) is 11.5. The van der Waals surface area contributed by atoms with Crippen molar-refractivity contribution in [3.05, 3.63) is 0 Å². The third kappa shape index (κ3) is 2.67. The first-order valence-electron chi connectivity index (χ1n) is 11.5.